The molecule has 7 nitrogen and oxygen atoms in total. The second kappa shape index (κ2) is 11.0. The third-order valence-electron chi connectivity index (χ3n) is 6.96. The fourth-order valence-electron chi connectivity index (χ4n) is 4.89. The Morgan fingerprint density at radius 1 is 0.950 bits per heavy atom. The van der Waals surface area contributed by atoms with Gasteiger partial charge in [-0.25, -0.2) is 9.37 Å². The lowest BCUT2D eigenvalue weighted by atomic mass is 10.2. The zero-order valence-corrected chi connectivity index (χ0v) is 23.6. The number of carbonyl (C=O) groups is 1. The lowest BCUT2D eigenvalue weighted by molar-refractivity contribution is -0.122. The van der Waals surface area contributed by atoms with E-state index in [9.17, 15) is 14.0 Å². The van der Waals surface area contributed by atoms with Crippen molar-refractivity contribution in [2.24, 2.45) is 0 Å². The number of hydrogen-bond acceptors (Lipinski definition) is 7. The maximum atomic E-state index is 14.4. The predicted molar refractivity (Wildman–Crippen MR) is 162 cm³/mol. The molecule has 0 radical (unpaired) electrons. The molecule has 1 amide bonds. The van der Waals surface area contributed by atoms with Crippen molar-refractivity contribution in [2.75, 3.05) is 36.0 Å². The summed E-state index contributed by atoms with van der Waals surface area (Å²) in [4.78, 5) is 37.8. The number of pyridine rings is 1. The number of rotatable bonds is 5. The monoisotopic (exact) mass is 591 g/mol. The number of hydrogen-bond donors (Lipinski definition) is 0. The average molecular weight is 592 g/mol. The second-order valence-corrected chi connectivity index (χ2v) is 11.5. The van der Waals surface area contributed by atoms with E-state index >= 15 is 0 Å². The zero-order valence-electron chi connectivity index (χ0n) is 21.2. The molecule has 0 spiro atoms. The number of anilines is 2. The molecule has 2 fully saturated rings. The number of thioether (sulfide) groups is 1. The number of carbonyl (C=O) groups excluding carboxylic acids is 1. The maximum Gasteiger partial charge on any atom is 0.267 e. The molecule has 0 unspecified atom stereocenters. The average Bonchev–Trinajstić information content (AvgIpc) is 3.23. The van der Waals surface area contributed by atoms with Crippen LogP contribution < -0.4 is 15.4 Å². The highest BCUT2D eigenvalue weighted by atomic mass is 35.5. The summed E-state index contributed by atoms with van der Waals surface area (Å²) in [7, 11) is 0. The van der Waals surface area contributed by atoms with Gasteiger partial charge in [-0.05, 0) is 42.0 Å². The molecule has 2 saturated heterocycles. The molecule has 2 aliphatic heterocycles. The van der Waals surface area contributed by atoms with Gasteiger partial charge in [0.1, 0.15) is 21.6 Å². The van der Waals surface area contributed by atoms with Crippen molar-refractivity contribution in [1.82, 2.24) is 14.3 Å². The summed E-state index contributed by atoms with van der Waals surface area (Å²) in [6.07, 6.45) is 3.25. The van der Waals surface area contributed by atoms with Gasteiger partial charge in [-0.3, -0.25) is 18.9 Å². The van der Waals surface area contributed by atoms with Crippen molar-refractivity contribution < 1.29 is 9.18 Å². The number of piperazine rings is 1. The second-order valence-electron chi connectivity index (χ2n) is 9.37. The van der Waals surface area contributed by atoms with Crippen molar-refractivity contribution in [3.8, 4) is 0 Å². The van der Waals surface area contributed by atoms with Crippen molar-refractivity contribution in [1.29, 1.82) is 0 Å². The fraction of sp³-hybridized carbons (Fsp3) is 0.172. The van der Waals surface area contributed by atoms with E-state index in [-0.39, 0.29) is 23.8 Å². The number of para-hydroxylation sites is 1. The first-order valence-electron chi connectivity index (χ1n) is 12.7. The Balaban J connectivity index is 1.34. The first-order chi connectivity index (χ1) is 19.4. The summed E-state index contributed by atoms with van der Waals surface area (Å²) in [6.45, 7) is 2.39. The van der Waals surface area contributed by atoms with Crippen molar-refractivity contribution in [3.05, 3.63) is 110 Å². The normalized spacial score (nSPS) is 16.9. The minimum absolute atomic E-state index is 0.238. The van der Waals surface area contributed by atoms with Crippen molar-refractivity contribution >= 4 is 69.0 Å². The number of thiocarbonyl (C=S) groups is 1. The van der Waals surface area contributed by atoms with E-state index < -0.39 is 0 Å². The summed E-state index contributed by atoms with van der Waals surface area (Å²) in [6, 6.07) is 19.4. The summed E-state index contributed by atoms with van der Waals surface area (Å²) >= 11 is 13.0. The van der Waals surface area contributed by atoms with E-state index in [2.05, 4.69) is 0 Å². The molecule has 11 heteroatoms. The highest BCUT2D eigenvalue weighted by Crippen LogP contribution is 2.35. The Bertz CT molecular complexity index is 1740. The minimum Gasteiger partial charge on any atom is -0.366 e. The molecule has 4 heterocycles. The molecular weight excluding hydrogens is 569 g/mol. The standard InChI is InChI=1S/C29H23ClFN5O2S2/c30-21-8-2-1-7-19(21)18-36-28(38)24(40-29(36)39)17-20-26(32-25-11-5-6-12-35(25)27(20)37)34-15-13-33(14-16-34)23-10-4-3-9-22(23)31/h1-12,17H,13-16,18H2. The lowest BCUT2D eigenvalue weighted by Crippen LogP contribution is -2.47. The molecule has 0 atom stereocenters. The van der Waals surface area contributed by atoms with Gasteiger partial charge >= 0.3 is 0 Å². The summed E-state index contributed by atoms with van der Waals surface area (Å²) in [5, 5.41) is 0.550. The number of nitrogens with zero attached hydrogens (tertiary/aromatic N) is 5. The van der Waals surface area contributed by atoms with Crippen LogP contribution in [0.4, 0.5) is 15.9 Å². The van der Waals surface area contributed by atoms with Gasteiger partial charge in [0.15, 0.2) is 0 Å². The van der Waals surface area contributed by atoms with E-state index in [4.69, 9.17) is 28.8 Å². The Hall–Kier alpha value is -3.73. The van der Waals surface area contributed by atoms with E-state index in [1.54, 1.807) is 42.6 Å². The Kier molecular flexibility index (Phi) is 7.31. The third-order valence-corrected chi connectivity index (χ3v) is 8.70. The SMILES string of the molecule is O=C1C(=Cc2c(N3CCN(c4ccccc4F)CC3)nc3ccccn3c2=O)SC(=S)N1Cc1ccccc1Cl. The molecule has 2 aromatic heterocycles. The molecule has 2 aromatic carbocycles. The molecular formula is C29H23ClFN5O2S2. The van der Waals surface area contributed by atoms with Crippen LogP contribution in [0.5, 0.6) is 0 Å². The first kappa shape index (κ1) is 26.5. The van der Waals surface area contributed by atoms with E-state index in [0.717, 1.165) is 17.3 Å². The highest BCUT2D eigenvalue weighted by molar-refractivity contribution is 8.26. The molecule has 0 aliphatic carbocycles. The van der Waals surface area contributed by atoms with Crippen LogP contribution in [0.2, 0.25) is 5.02 Å². The zero-order chi connectivity index (χ0) is 27.8. The molecule has 6 rings (SSSR count). The fourth-order valence-corrected chi connectivity index (χ4v) is 6.32. The van der Waals surface area contributed by atoms with Crippen LogP contribution in [0.3, 0.4) is 0 Å². The van der Waals surface area contributed by atoms with Crippen molar-refractivity contribution in [3.63, 3.8) is 0 Å². The number of amides is 1. The summed E-state index contributed by atoms with van der Waals surface area (Å²) in [5.74, 6) is -0.0684. The molecule has 2 aliphatic rings. The van der Waals surface area contributed by atoms with Gasteiger partial charge < -0.3 is 9.80 Å². The van der Waals surface area contributed by atoms with Crippen LogP contribution in [0.15, 0.2) is 82.6 Å². The maximum absolute atomic E-state index is 14.4. The van der Waals surface area contributed by atoms with Gasteiger partial charge in [0.25, 0.3) is 11.5 Å². The molecule has 0 N–H and O–H groups in total. The van der Waals surface area contributed by atoms with Crippen LogP contribution in [0.25, 0.3) is 11.7 Å². The first-order valence-corrected chi connectivity index (χ1v) is 14.3. The quantitative estimate of drug-likeness (QED) is 0.233. The van der Waals surface area contributed by atoms with Gasteiger partial charge in [-0.2, -0.15) is 0 Å². The highest BCUT2D eigenvalue weighted by Gasteiger charge is 2.33. The lowest BCUT2D eigenvalue weighted by Gasteiger charge is -2.37. The van der Waals surface area contributed by atoms with Gasteiger partial charge in [0, 0.05) is 37.4 Å². The number of fused-ring (bicyclic) bond motifs is 1. The third kappa shape index (κ3) is 4.98. The van der Waals surface area contributed by atoms with E-state index in [0.29, 0.717) is 63.1 Å². The van der Waals surface area contributed by atoms with Crippen LogP contribution in [0, 0.1) is 5.82 Å². The molecule has 0 saturated carbocycles. The molecule has 202 valence electrons. The predicted octanol–water partition coefficient (Wildman–Crippen LogP) is 5.22. The van der Waals surface area contributed by atoms with Gasteiger partial charge in [-0.1, -0.05) is 72.0 Å². The summed E-state index contributed by atoms with van der Waals surface area (Å²) < 4.78 is 16.3. The number of halogens is 2. The van der Waals surface area contributed by atoms with Gasteiger partial charge in [-0.15, -0.1) is 0 Å². The number of aromatic nitrogens is 2. The Labute approximate surface area is 244 Å². The van der Waals surface area contributed by atoms with Crippen molar-refractivity contribution in [2.45, 2.75) is 6.54 Å². The Morgan fingerprint density at radius 3 is 2.42 bits per heavy atom. The number of benzene rings is 2. The van der Waals surface area contributed by atoms with Gasteiger partial charge in [0.2, 0.25) is 0 Å². The van der Waals surface area contributed by atoms with Crippen LogP contribution in [-0.2, 0) is 11.3 Å². The van der Waals surface area contributed by atoms with Crippen LogP contribution in [0.1, 0.15) is 11.1 Å². The van der Waals surface area contributed by atoms with Crippen LogP contribution >= 0.6 is 35.6 Å². The van der Waals surface area contributed by atoms with Crippen LogP contribution in [-0.4, -0.2) is 50.7 Å². The largest absolute Gasteiger partial charge is 0.366 e. The molecule has 40 heavy (non-hydrogen) atoms. The topological polar surface area (TPSA) is 61.2 Å². The van der Waals surface area contributed by atoms with Gasteiger partial charge in [0.05, 0.1) is 22.7 Å². The molecule has 4 aromatic rings. The van der Waals surface area contributed by atoms with E-state index in [1.807, 2.05) is 40.1 Å². The van der Waals surface area contributed by atoms with E-state index in [1.165, 1.54) is 15.4 Å². The minimum atomic E-state index is -0.289. The Morgan fingerprint density at radius 2 is 1.65 bits per heavy atom. The smallest absolute Gasteiger partial charge is 0.267 e. The molecule has 0 bridgehead atoms. The summed E-state index contributed by atoms with van der Waals surface area (Å²) in [5.41, 5.74) is 1.86.